The number of methoxy groups -OCH3 is 2. The van der Waals surface area contributed by atoms with Crippen molar-refractivity contribution >= 4 is 28.5 Å². The van der Waals surface area contributed by atoms with Gasteiger partial charge in [-0.15, -0.1) is 5.10 Å². The molecule has 2 amide bonds. The molecule has 1 heterocycles. The van der Waals surface area contributed by atoms with Crippen molar-refractivity contribution < 1.29 is 19.1 Å². The molecule has 1 fully saturated rings. The van der Waals surface area contributed by atoms with Crippen molar-refractivity contribution in [2.24, 2.45) is 0 Å². The van der Waals surface area contributed by atoms with Crippen LogP contribution in [0.4, 0.5) is 5.69 Å². The minimum Gasteiger partial charge on any atom is -0.497 e. The molecule has 40 heavy (non-hydrogen) atoms. The number of carbonyl (C=O) groups excluding carboxylic acids is 2. The van der Waals surface area contributed by atoms with E-state index in [0.29, 0.717) is 28.3 Å². The van der Waals surface area contributed by atoms with Gasteiger partial charge in [0.15, 0.2) is 0 Å². The van der Waals surface area contributed by atoms with E-state index >= 15 is 0 Å². The highest BCUT2D eigenvalue weighted by atomic mass is 16.5. The first-order valence-corrected chi connectivity index (χ1v) is 13.6. The number of hydrogen-bond donors (Lipinski definition) is 1. The summed E-state index contributed by atoms with van der Waals surface area (Å²) < 4.78 is 12.7. The van der Waals surface area contributed by atoms with Crippen LogP contribution in [0, 0.1) is 13.8 Å². The molecule has 0 radical (unpaired) electrons. The van der Waals surface area contributed by atoms with Crippen molar-refractivity contribution in [1.29, 1.82) is 0 Å². The Balaban J connectivity index is 1.65. The number of amides is 2. The van der Waals surface area contributed by atoms with Gasteiger partial charge in [0.1, 0.15) is 29.6 Å². The molecule has 9 heteroatoms. The average Bonchev–Trinajstić information content (AvgIpc) is 3.62. The Hall–Kier alpha value is -4.40. The van der Waals surface area contributed by atoms with Crippen LogP contribution in [0.5, 0.6) is 11.5 Å². The van der Waals surface area contributed by atoms with Crippen molar-refractivity contribution in [3.8, 4) is 11.5 Å². The summed E-state index contributed by atoms with van der Waals surface area (Å²) in [4.78, 5) is 30.2. The maximum atomic E-state index is 14.4. The van der Waals surface area contributed by atoms with E-state index in [9.17, 15) is 9.59 Å². The number of para-hydroxylation sites is 1. The number of carbonyl (C=O) groups is 2. The summed E-state index contributed by atoms with van der Waals surface area (Å²) in [6, 6.07) is 17.7. The molecule has 1 N–H and O–H groups in total. The van der Waals surface area contributed by atoms with Gasteiger partial charge < -0.3 is 14.8 Å². The van der Waals surface area contributed by atoms with E-state index in [1.165, 1.54) is 0 Å². The zero-order valence-corrected chi connectivity index (χ0v) is 23.4. The molecule has 0 unspecified atom stereocenters. The first kappa shape index (κ1) is 27.2. The van der Waals surface area contributed by atoms with Crippen molar-refractivity contribution in [3.63, 3.8) is 0 Å². The average molecular weight is 542 g/mol. The van der Waals surface area contributed by atoms with Gasteiger partial charge in [-0.3, -0.25) is 14.5 Å². The van der Waals surface area contributed by atoms with Crippen LogP contribution in [0.25, 0.3) is 11.0 Å². The predicted molar refractivity (Wildman–Crippen MR) is 154 cm³/mol. The van der Waals surface area contributed by atoms with E-state index in [1.54, 1.807) is 42.0 Å². The molecule has 9 nitrogen and oxygen atoms in total. The molecule has 1 aliphatic carbocycles. The van der Waals surface area contributed by atoms with Crippen LogP contribution >= 0.6 is 0 Å². The van der Waals surface area contributed by atoms with Crippen molar-refractivity contribution in [3.05, 3.63) is 77.4 Å². The van der Waals surface area contributed by atoms with Crippen molar-refractivity contribution in [2.75, 3.05) is 19.1 Å². The minimum absolute atomic E-state index is 0.0644. The fourth-order valence-corrected chi connectivity index (χ4v) is 5.52. The third-order valence-electron chi connectivity index (χ3n) is 7.53. The SMILES string of the molecule is COc1ccc([C@@H](C(=O)NC2CCCC2)N(C(=O)Cn2nnc3ccccc32)c2ccc(C)cc2C)c(OC)c1. The van der Waals surface area contributed by atoms with Crippen LogP contribution in [-0.4, -0.2) is 47.1 Å². The second-order valence-electron chi connectivity index (χ2n) is 10.3. The third kappa shape index (κ3) is 5.50. The van der Waals surface area contributed by atoms with E-state index < -0.39 is 6.04 Å². The molecular weight excluding hydrogens is 506 g/mol. The molecule has 1 saturated carbocycles. The van der Waals surface area contributed by atoms with Crippen molar-refractivity contribution in [2.45, 2.75) is 58.2 Å². The fraction of sp³-hybridized carbons (Fsp3) is 0.355. The Bertz CT molecular complexity index is 1530. The van der Waals surface area contributed by atoms with Gasteiger partial charge in [0.05, 0.1) is 19.7 Å². The minimum atomic E-state index is -0.995. The van der Waals surface area contributed by atoms with E-state index in [-0.39, 0.29) is 24.4 Å². The Morgan fingerprint density at radius 1 is 1.02 bits per heavy atom. The summed E-state index contributed by atoms with van der Waals surface area (Å²) in [6.07, 6.45) is 3.97. The highest BCUT2D eigenvalue weighted by molar-refractivity contribution is 6.02. The Labute approximate surface area is 234 Å². The summed E-state index contributed by atoms with van der Waals surface area (Å²) in [5.74, 6) is 0.493. The molecule has 1 aliphatic rings. The fourth-order valence-electron chi connectivity index (χ4n) is 5.52. The van der Waals surface area contributed by atoms with E-state index in [0.717, 1.165) is 42.3 Å². The molecule has 1 atom stereocenters. The number of nitrogens with zero attached hydrogens (tertiary/aromatic N) is 4. The molecular formula is C31H35N5O4. The largest absolute Gasteiger partial charge is 0.497 e. The zero-order valence-electron chi connectivity index (χ0n) is 23.4. The highest BCUT2D eigenvalue weighted by Crippen LogP contribution is 2.37. The standard InChI is InChI=1S/C31H35N5O4/c1-20-13-16-26(21(2)17-20)36(29(37)19-35-27-12-8-7-11-25(27)33-34-35)30(31(38)32-22-9-5-6-10-22)24-15-14-23(39-3)18-28(24)40-4/h7-8,11-18,22,30H,5-6,9-10,19H2,1-4H3,(H,32,38)/t30-/m0/s1. The van der Waals surface area contributed by atoms with Gasteiger partial charge in [-0.25, -0.2) is 4.68 Å². The smallest absolute Gasteiger partial charge is 0.249 e. The van der Waals surface area contributed by atoms with Gasteiger partial charge in [0, 0.05) is 23.4 Å². The molecule has 5 rings (SSSR count). The Morgan fingerprint density at radius 3 is 2.52 bits per heavy atom. The van der Waals surface area contributed by atoms with Crippen LogP contribution in [0.15, 0.2) is 60.7 Å². The number of anilines is 1. The van der Waals surface area contributed by atoms with Crippen LogP contribution in [-0.2, 0) is 16.1 Å². The molecule has 0 aliphatic heterocycles. The molecule has 3 aromatic carbocycles. The number of aromatic nitrogens is 3. The van der Waals surface area contributed by atoms with Crippen molar-refractivity contribution in [1.82, 2.24) is 20.3 Å². The molecule has 0 saturated heterocycles. The molecule has 0 spiro atoms. The topological polar surface area (TPSA) is 98.6 Å². The van der Waals surface area contributed by atoms with Gasteiger partial charge in [-0.2, -0.15) is 0 Å². The van der Waals surface area contributed by atoms with Gasteiger partial charge in [0.2, 0.25) is 11.8 Å². The van der Waals surface area contributed by atoms with Crippen LogP contribution in [0.1, 0.15) is 48.4 Å². The molecule has 4 aromatic rings. The first-order valence-electron chi connectivity index (χ1n) is 13.6. The monoisotopic (exact) mass is 541 g/mol. The lowest BCUT2D eigenvalue weighted by Crippen LogP contribution is -2.47. The van der Waals surface area contributed by atoms with Crippen LogP contribution in [0.3, 0.4) is 0 Å². The van der Waals surface area contributed by atoms with Crippen LogP contribution < -0.4 is 19.7 Å². The Kier molecular flexibility index (Phi) is 8.00. The second-order valence-corrected chi connectivity index (χ2v) is 10.3. The molecule has 208 valence electrons. The predicted octanol–water partition coefficient (Wildman–Crippen LogP) is 4.90. The quantitative estimate of drug-likeness (QED) is 0.324. The van der Waals surface area contributed by atoms with E-state index in [4.69, 9.17) is 9.47 Å². The first-order chi connectivity index (χ1) is 19.4. The zero-order chi connectivity index (χ0) is 28.2. The number of nitrogens with one attached hydrogen (secondary N) is 1. The summed E-state index contributed by atoms with van der Waals surface area (Å²) in [7, 11) is 3.13. The number of aryl methyl sites for hydroxylation is 2. The highest BCUT2D eigenvalue weighted by Gasteiger charge is 2.37. The lowest BCUT2D eigenvalue weighted by atomic mass is 9.99. The number of ether oxygens (including phenoxy) is 2. The van der Waals surface area contributed by atoms with Gasteiger partial charge >= 0.3 is 0 Å². The molecule has 0 bridgehead atoms. The maximum Gasteiger partial charge on any atom is 0.249 e. The van der Waals surface area contributed by atoms with Gasteiger partial charge in [-0.1, -0.05) is 47.9 Å². The number of rotatable bonds is 9. The van der Waals surface area contributed by atoms with Gasteiger partial charge in [0.25, 0.3) is 0 Å². The lowest BCUT2D eigenvalue weighted by molar-refractivity contribution is -0.127. The van der Waals surface area contributed by atoms with E-state index in [1.807, 2.05) is 56.3 Å². The third-order valence-corrected chi connectivity index (χ3v) is 7.53. The number of benzene rings is 3. The summed E-state index contributed by atoms with van der Waals surface area (Å²) in [5.41, 5.74) is 4.58. The summed E-state index contributed by atoms with van der Waals surface area (Å²) in [6.45, 7) is 3.85. The van der Waals surface area contributed by atoms with Gasteiger partial charge in [-0.05, 0) is 62.6 Å². The normalized spacial score (nSPS) is 14.2. The number of hydrogen-bond acceptors (Lipinski definition) is 6. The summed E-state index contributed by atoms with van der Waals surface area (Å²) in [5, 5.41) is 11.7. The number of fused-ring (bicyclic) bond motifs is 1. The Morgan fingerprint density at radius 2 is 1.80 bits per heavy atom. The summed E-state index contributed by atoms with van der Waals surface area (Å²) >= 11 is 0. The molecule has 1 aromatic heterocycles. The second kappa shape index (κ2) is 11.8. The van der Waals surface area contributed by atoms with Crippen LogP contribution in [0.2, 0.25) is 0 Å². The van der Waals surface area contributed by atoms with E-state index in [2.05, 4.69) is 15.6 Å². The lowest BCUT2D eigenvalue weighted by Gasteiger charge is -2.34. The maximum absolute atomic E-state index is 14.4.